The summed E-state index contributed by atoms with van der Waals surface area (Å²) in [6.45, 7) is -0.272. The Morgan fingerprint density at radius 1 is 1.07 bits per heavy atom. The molecule has 0 atom stereocenters. The number of benzene rings is 2. The van der Waals surface area contributed by atoms with Gasteiger partial charge >= 0.3 is 6.18 Å². The Balaban J connectivity index is 1.77. The molecule has 2 aromatic carbocycles. The normalized spacial score (nSPS) is 12.3. The van der Waals surface area contributed by atoms with E-state index in [0.717, 1.165) is 17.7 Å². The smallest absolute Gasteiger partial charge is 0.359 e. The molecule has 27 heavy (non-hydrogen) atoms. The number of alkyl halides is 3. The van der Waals surface area contributed by atoms with E-state index in [4.69, 9.17) is 16.1 Å². The average Bonchev–Trinajstić information content (AvgIpc) is 3.09. The maximum absolute atomic E-state index is 12.9. The molecule has 0 bridgehead atoms. The van der Waals surface area contributed by atoms with Gasteiger partial charge in [0.25, 0.3) is 0 Å². The van der Waals surface area contributed by atoms with Gasteiger partial charge in [-0.05, 0) is 18.2 Å². The van der Waals surface area contributed by atoms with Gasteiger partial charge in [0.1, 0.15) is 5.69 Å². The van der Waals surface area contributed by atoms with Crippen molar-refractivity contribution >= 4 is 21.6 Å². The lowest BCUT2D eigenvalue weighted by Gasteiger charge is -2.11. The van der Waals surface area contributed by atoms with Gasteiger partial charge in [-0.3, -0.25) is 0 Å². The van der Waals surface area contributed by atoms with Crippen LogP contribution in [0.1, 0.15) is 11.3 Å². The molecule has 0 aliphatic rings. The Bertz CT molecular complexity index is 1050. The molecular formula is C17H12ClF3N2O3S. The monoisotopic (exact) mass is 416 g/mol. The second-order valence-electron chi connectivity index (χ2n) is 5.51. The summed E-state index contributed by atoms with van der Waals surface area (Å²) in [6.07, 6.45) is -4.77. The van der Waals surface area contributed by atoms with E-state index in [1.165, 1.54) is 0 Å². The van der Waals surface area contributed by atoms with Gasteiger partial charge < -0.3 is 4.52 Å². The molecule has 0 radical (unpaired) electrons. The van der Waals surface area contributed by atoms with Crippen molar-refractivity contribution in [3.05, 3.63) is 70.9 Å². The van der Waals surface area contributed by atoms with E-state index < -0.39 is 31.7 Å². The SMILES string of the molecule is O=S(=O)(NCc1cc(-c2ccccc2)no1)c1ccc(Cl)c(C(F)(F)F)c1. The summed E-state index contributed by atoms with van der Waals surface area (Å²) in [6, 6.07) is 13.0. The van der Waals surface area contributed by atoms with E-state index in [0.29, 0.717) is 11.8 Å². The standard InChI is InChI=1S/C17H12ClF3N2O3S/c18-15-7-6-13(9-14(15)17(19,20)21)27(24,25)22-10-12-8-16(23-26-12)11-4-2-1-3-5-11/h1-9,22H,10H2. The number of nitrogens with zero attached hydrogens (tertiary/aromatic N) is 1. The second-order valence-corrected chi connectivity index (χ2v) is 7.68. The summed E-state index contributed by atoms with van der Waals surface area (Å²) >= 11 is 5.51. The van der Waals surface area contributed by atoms with Crippen LogP contribution >= 0.6 is 11.6 Å². The highest BCUT2D eigenvalue weighted by molar-refractivity contribution is 7.89. The number of halogens is 4. The number of aromatic nitrogens is 1. The van der Waals surface area contributed by atoms with E-state index in [9.17, 15) is 21.6 Å². The fourth-order valence-electron chi connectivity index (χ4n) is 2.28. The summed E-state index contributed by atoms with van der Waals surface area (Å²) in [7, 11) is -4.21. The van der Waals surface area contributed by atoms with Crippen LogP contribution < -0.4 is 4.72 Å². The Kier molecular flexibility index (Phi) is 5.27. The molecule has 1 heterocycles. The van der Waals surface area contributed by atoms with Crippen LogP contribution in [0.2, 0.25) is 5.02 Å². The zero-order valence-corrected chi connectivity index (χ0v) is 15.1. The first kappa shape index (κ1) is 19.4. The molecule has 0 saturated heterocycles. The van der Waals surface area contributed by atoms with Crippen molar-refractivity contribution in [2.75, 3.05) is 0 Å². The molecule has 0 spiro atoms. The van der Waals surface area contributed by atoms with E-state index in [2.05, 4.69) is 9.88 Å². The van der Waals surface area contributed by atoms with Crippen LogP contribution in [-0.4, -0.2) is 13.6 Å². The van der Waals surface area contributed by atoms with Crippen LogP contribution in [-0.2, 0) is 22.7 Å². The Hall–Kier alpha value is -2.36. The lowest BCUT2D eigenvalue weighted by atomic mass is 10.1. The third-order valence-corrected chi connectivity index (χ3v) is 5.35. The molecule has 1 N–H and O–H groups in total. The minimum Gasteiger partial charge on any atom is -0.359 e. The van der Waals surface area contributed by atoms with Crippen LogP contribution in [0, 0.1) is 0 Å². The lowest BCUT2D eigenvalue weighted by molar-refractivity contribution is -0.137. The number of rotatable bonds is 5. The van der Waals surface area contributed by atoms with Gasteiger partial charge in [0.05, 0.1) is 22.0 Å². The molecule has 0 unspecified atom stereocenters. The van der Waals surface area contributed by atoms with Gasteiger partial charge in [-0.1, -0.05) is 47.1 Å². The first-order valence-corrected chi connectivity index (χ1v) is 9.40. The molecule has 0 amide bonds. The van der Waals surface area contributed by atoms with Gasteiger partial charge in [0.2, 0.25) is 10.0 Å². The average molecular weight is 417 g/mol. The number of hydrogen-bond acceptors (Lipinski definition) is 4. The zero-order chi connectivity index (χ0) is 19.7. The second kappa shape index (κ2) is 7.34. The third kappa shape index (κ3) is 4.49. The molecule has 3 rings (SSSR count). The third-order valence-electron chi connectivity index (χ3n) is 3.62. The number of nitrogens with one attached hydrogen (secondary N) is 1. The molecule has 142 valence electrons. The summed E-state index contributed by atoms with van der Waals surface area (Å²) < 4.78 is 70.6. The summed E-state index contributed by atoms with van der Waals surface area (Å²) in [4.78, 5) is -0.554. The van der Waals surface area contributed by atoms with Gasteiger partial charge in [-0.15, -0.1) is 0 Å². The lowest BCUT2D eigenvalue weighted by Crippen LogP contribution is -2.23. The number of sulfonamides is 1. The molecule has 5 nitrogen and oxygen atoms in total. The fraction of sp³-hybridized carbons (Fsp3) is 0.118. The largest absolute Gasteiger partial charge is 0.417 e. The number of hydrogen-bond donors (Lipinski definition) is 1. The van der Waals surface area contributed by atoms with Crippen LogP contribution in [0.5, 0.6) is 0 Å². The summed E-state index contributed by atoms with van der Waals surface area (Å²) in [5.41, 5.74) is 0.0663. The topological polar surface area (TPSA) is 72.2 Å². The minimum atomic E-state index is -4.77. The van der Waals surface area contributed by atoms with Crippen LogP contribution in [0.25, 0.3) is 11.3 Å². The molecular weight excluding hydrogens is 405 g/mol. The van der Waals surface area contributed by atoms with Crippen molar-refractivity contribution in [3.63, 3.8) is 0 Å². The highest BCUT2D eigenvalue weighted by Gasteiger charge is 2.34. The van der Waals surface area contributed by atoms with Gasteiger partial charge in [0, 0.05) is 11.6 Å². The van der Waals surface area contributed by atoms with Crippen molar-refractivity contribution < 1.29 is 26.1 Å². The Labute approximate surface area is 157 Å². The minimum absolute atomic E-state index is 0.211. The fourth-order valence-corrected chi connectivity index (χ4v) is 3.52. The van der Waals surface area contributed by atoms with E-state index in [-0.39, 0.29) is 12.3 Å². The van der Waals surface area contributed by atoms with Gasteiger partial charge in [-0.2, -0.15) is 13.2 Å². The molecule has 0 aliphatic heterocycles. The first-order valence-electron chi connectivity index (χ1n) is 7.54. The molecule has 1 aromatic heterocycles. The Morgan fingerprint density at radius 2 is 1.78 bits per heavy atom. The van der Waals surface area contributed by atoms with Crippen LogP contribution in [0.3, 0.4) is 0 Å². The molecule has 3 aromatic rings. The maximum atomic E-state index is 12.9. The van der Waals surface area contributed by atoms with Crippen LogP contribution in [0.4, 0.5) is 13.2 Å². The summed E-state index contributed by atoms with van der Waals surface area (Å²) in [5.74, 6) is 0.211. The highest BCUT2D eigenvalue weighted by atomic mass is 35.5. The summed E-state index contributed by atoms with van der Waals surface area (Å²) in [5, 5.41) is 3.26. The van der Waals surface area contributed by atoms with Crippen molar-refractivity contribution in [2.24, 2.45) is 0 Å². The Morgan fingerprint density at radius 3 is 2.44 bits per heavy atom. The van der Waals surface area contributed by atoms with Gasteiger partial charge in [0.15, 0.2) is 5.76 Å². The van der Waals surface area contributed by atoms with E-state index >= 15 is 0 Å². The zero-order valence-electron chi connectivity index (χ0n) is 13.5. The van der Waals surface area contributed by atoms with Gasteiger partial charge in [-0.25, -0.2) is 13.1 Å². The van der Waals surface area contributed by atoms with Crippen molar-refractivity contribution in [3.8, 4) is 11.3 Å². The van der Waals surface area contributed by atoms with Crippen molar-refractivity contribution in [2.45, 2.75) is 17.6 Å². The van der Waals surface area contributed by atoms with Crippen LogP contribution in [0.15, 0.2) is 64.0 Å². The van der Waals surface area contributed by atoms with E-state index in [1.807, 2.05) is 18.2 Å². The molecule has 0 aliphatic carbocycles. The first-order chi connectivity index (χ1) is 12.7. The quantitative estimate of drug-likeness (QED) is 0.665. The highest BCUT2D eigenvalue weighted by Crippen LogP contribution is 2.35. The maximum Gasteiger partial charge on any atom is 0.417 e. The molecule has 0 fully saturated rings. The predicted molar refractivity (Wildman–Crippen MR) is 92.4 cm³/mol. The van der Waals surface area contributed by atoms with Crippen molar-refractivity contribution in [1.29, 1.82) is 0 Å². The predicted octanol–water partition coefficient (Wildman–Crippen LogP) is 4.49. The molecule has 0 saturated carbocycles. The van der Waals surface area contributed by atoms with Crippen molar-refractivity contribution in [1.82, 2.24) is 9.88 Å². The molecule has 10 heteroatoms. The van der Waals surface area contributed by atoms with E-state index in [1.54, 1.807) is 18.2 Å².